The van der Waals surface area contributed by atoms with Gasteiger partial charge in [-0.1, -0.05) is 76.2 Å². The Labute approximate surface area is 153 Å². The normalized spacial score (nSPS) is 14.7. The molecule has 1 nitrogen and oxygen atoms in total. The second-order valence-electron chi connectivity index (χ2n) is 7.70. The number of pyridine rings is 1. The van der Waals surface area contributed by atoms with Crippen LogP contribution in [0.15, 0.2) is 66.7 Å². The van der Waals surface area contributed by atoms with Crippen molar-refractivity contribution in [1.29, 1.82) is 0 Å². The van der Waals surface area contributed by atoms with Crippen molar-refractivity contribution < 1.29 is 1.37 Å². The minimum atomic E-state index is -0.814. The van der Waals surface area contributed by atoms with Crippen LogP contribution in [0.4, 0.5) is 0 Å². The highest BCUT2D eigenvalue weighted by Crippen LogP contribution is 2.30. The molecule has 0 radical (unpaired) electrons. The maximum atomic E-state index is 8.98. The molecule has 0 amide bonds. The van der Waals surface area contributed by atoms with E-state index in [1.165, 1.54) is 5.56 Å². The fourth-order valence-corrected chi connectivity index (χ4v) is 3.03. The summed E-state index contributed by atoms with van der Waals surface area (Å²) in [5.41, 5.74) is 6.31. The molecule has 25 heavy (non-hydrogen) atoms. The van der Waals surface area contributed by atoms with Crippen LogP contribution in [0.3, 0.4) is 0 Å². The van der Waals surface area contributed by atoms with E-state index in [1.54, 1.807) is 0 Å². The van der Waals surface area contributed by atoms with Crippen LogP contribution < -0.4 is 0 Å². The fraction of sp³-hybridized carbons (Fsp3) is 0.292. The highest BCUT2D eigenvalue weighted by Gasteiger charge is 2.15. The molecule has 0 aliphatic carbocycles. The fourth-order valence-electron chi connectivity index (χ4n) is 3.03. The molecule has 0 saturated heterocycles. The van der Waals surface area contributed by atoms with Crippen molar-refractivity contribution in [3.05, 3.63) is 89.1 Å². The first kappa shape index (κ1) is 16.1. The van der Waals surface area contributed by atoms with E-state index in [9.17, 15) is 0 Å². The summed E-state index contributed by atoms with van der Waals surface area (Å²) in [4.78, 5) is 4.75. The van der Waals surface area contributed by atoms with Crippen LogP contribution >= 0.6 is 0 Å². The second kappa shape index (κ2) is 6.84. The van der Waals surface area contributed by atoms with Crippen LogP contribution in [0.5, 0.6) is 0 Å². The first-order valence-electron chi connectivity index (χ1n) is 9.33. The number of rotatable bonds is 3. The van der Waals surface area contributed by atoms with Crippen LogP contribution in [-0.2, 0) is 5.41 Å². The number of benzene rings is 2. The third-order valence-corrected chi connectivity index (χ3v) is 4.62. The number of hydrogen-bond donors (Lipinski definition) is 0. The van der Waals surface area contributed by atoms with E-state index < -0.39 is 5.89 Å². The van der Waals surface area contributed by atoms with Gasteiger partial charge in [-0.05, 0) is 47.2 Å². The first-order valence-corrected chi connectivity index (χ1v) is 8.83. The van der Waals surface area contributed by atoms with E-state index in [4.69, 9.17) is 6.35 Å². The van der Waals surface area contributed by atoms with Gasteiger partial charge in [0.05, 0.1) is 5.69 Å². The van der Waals surface area contributed by atoms with Gasteiger partial charge in [-0.25, -0.2) is 0 Å². The van der Waals surface area contributed by atoms with Crippen molar-refractivity contribution >= 4 is 0 Å². The molecule has 0 bridgehead atoms. The molecule has 3 aromatic rings. The SMILES string of the molecule is [2H]C(C)(c1ccccc1)c1cc(C)nc(-c2cccc(C(C)(C)C)c2)c1. The molecule has 2 aromatic carbocycles. The van der Waals surface area contributed by atoms with Crippen molar-refractivity contribution in [2.75, 3.05) is 0 Å². The Morgan fingerprint density at radius 2 is 1.60 bits per heavy atom. The summed E-state index contributed by atoms with van der Waals surface area (Å²) in [7, 11) is 0. The molecule has 1 unspecified atom stereocenters. The van der Waals surface area contributed by atoms with E-state index in [0.29, 0.717) is 0 Å². The predicted octanol–water partition coefficient (Wildman–Crippen LogP) is 6.51. The van der Waals surface area contributed by atoms with Gasteiger partial charge >= 0.3 is 0 Å². The molecule has 0 spiro atoms. The second-order valence-corrected chi connectivity index (χ2v) is 7.70. The molecular weight excluding hydrogens is 302 g/mol. The molecule has 0 N–H and O–H groups in total. The van der Waals surface area contributed by atoms with Crippen molar-refractivity contribution in [3.8, 4) is 11.3 Å². The summed E-state index contributed by atoms with van der Waals surface area (Å²) in [5, 5.41) is 0. The molecule has 0 aliphatic heterocycles. The third kappa shape index (κ3) is 3.99. The number of nitrogens with zero attached hydrogens (tertiary/aromatic N) is 1. The summed E-state index contributed by atoms with van der Waals surface area (Å²) in [6, 6.07) is 22.7. The van der Waals surface area contributed by atoms with Crippen LogP contribution in [0.25, 0.3) is 11.3 Å². The van der Waals surface area contributed by atoms with Gasteiger partial charge in [-0.2, -0.15) is 0 Å². The van der Waals surface area contributed by atoms with Gasteiger partial charge in [0.25, 0.3) is 0 Å². The largest absolute Gasteiger partial charge is 0.253 e. The average molecular weight is 330 g/mol. The lowest BCUT2D eigenvalue weighted by Crippen LogP contribution is -2.10. The average Bonchev–Trinajstić information content (AvgIpc) is 2.61. The minimum Gasteiger partial charge on any atom is -0.253 e. The van der Waals surface area contributed by atoms with Gasteiger partial charge in [0, 0.05) is 18.5 Å². The van der Waals surface area contributed by atoms with E-state index in [-0.39, 0.29) is 5.41 Å². The molecular formula is C24H27N. The maximum Gasteiger partial charge on any atom is 0.0708 e. The van der Waals surface area contributed by atoms with E-state index in [2.05, 4.69) is 51.1 Å². The number of aryl methyl sites for hydroxylation is 1. The standard InChI is InChI=1S/C24H27N/c1-17-14-21(18(2)19-10-7-6-8-11-19)16-23(25-17)20-12-9-13-22(15-20)24(3,4)5/h6-16,18H,1-5H3/i18D. The Bertz CT molecular complexity index is 905. The van der Waals surface area contributed by atoms with Gasteiger partial charge in [0.2, 0.25) is 0 Å². The van der Waals surface area contributed by atoms with Gasteiger partial charge in [-0.15, -0.1) is 0 Å². The smallest absolute Gasteiger partial charge is 0.0708 e. The first-order chi connectivity index (χ1) is 12.2. The Morgan fingerprint density at radius 1 is 0.880 bits per heavy atom. The molecule has 1 atom stereocenters. The van der Waals surface area contributed by atoms with Gasteiger partial charge < -0.3 is 0 Å². The molecule has 1 heteroatoms. The van der Waals surface area contributed by atoms with E-state index >= 15 is 0 Å². The molecule has 1 aromatic heterocycles. The van der Waals surface area contributed by atoms with E-state index in [1.807, 2.05) is 50.2 Å². The lowest BCUT2D eigenvalue weighted by Gasteiger charge is -2.20. The highest BCUT2D eigenvalue weighted by atomic mass is 14.7. The minimum absolute atomic E-state index is 0.0939. The zero-order chi connectivity index (χ0) is 18.9. The van der Waals surface area contributed by atoms with Gasteiger partial charge in [-0.3, -0.25) is 4.98 Å². The van der Waals surface area contributed by atoms with Crippen molar-refractivity contribution in [1.82, 2.24) is 4.98 Å². The Kier molecular flexibility index (Phi) is 4.40. The van der Waals surface area contributed by atoms with Crippen LogP contribution in [0.1, 0.15) is 57.3 Å². The van der Waals surface area contributed by atoms with Crippen molar-refractivity contribution in [3.63, 3.8) is 0 Å². The Hall–Kier alpha value is -2.41. The Morgan fingerprint density at radius 3 is 2.28 bits per heavy atom. The molecule has 0 aliphatic rings. The monoisotopic (exact) mass is 330 g/mol. The summed E-state index contributed by atoms with van der Waals surface area (Å²) in [6.07, 6.45) is 0. The summed E-state index contributed by atoms with van der Waals surface area (Å²) < 4.78 is 8.98. The topological polar surface area (TPSA) is 12.9 Å². The molecule has 128 valence electrons. The molecule has 3 rings (SSSR count). The zero-order valence-corrected chi connectivity index (χ0v) is 15.8. The van der Waals surface area contributed by atoms with Gasteiger partial charge in [0.1, 0.15) is 0 Å². The Balaban J connectivity index is 2.10. The quantitative estimate of drug-likeness (QED) is 0.533. The number of aromatic nitrogens is 1. The molecule has 0 saturated carbocycles. The molecule has 0 fully saturated rings. The number of hydrogen-bond acceptors (Lipinski definition) is 1. The van der Waals surface area contributed by atoms with Crippen LogP contribution in [0, 0.1) is 6.92 Å². The lowest BCUT2D eigenvalue weighted by molar-refractivity contribution is 0.590. The summed E-state index contributed by atoms with van der Waals surface area (Å²) in [5.74, 6) is -0.814. The predicted molar refractivity (Wildman–Crippen MR) is 107 cm³/mol. The third-order valence-electron chi connectivity index (χ3n) is 4.62. The summed E-state index contributed by atoms with van der Waals surface area (Å²) in [6.45, 7) is 10.6. The lowest BCUT2D eigenvalue weighted by atomic mass is 9.85. The van der Waals surface area contributed by atoms with E-state index in [0.717, 1.165) is 28.1 Å². The van der Waals surface area contributed by atoms with Gasteiger partial charge in [0.15, 0.2) is 0 Å². The van der Waals surface area contributed by atoms with Crippen LogP contribution in [-0.4, -0.2) is 4.98 Å². The summed E-state index contributed by atoms with van der Waals surface area (Å²) >= 11 is 0. The van der Waals surface area contributed by atoms with Crippen molar-refractivity contribution in [2.24, 2.45) is 0 Å². The maximum absolute atomic E-state index is 8.98. The van der Waals surface area contributed by atoms with Crippen molar-refractivity contribution in [2.45, 2.75) is 45.9 Å². The highest BCUT2D eigenvalue weighted by molar-refractivity contribution is 5.62. The van der Waals surface area contributed by atoms with Crippen LogP contribution in [0.2, 0.25) is 0 Å². The molecule has 1 heterocycles. The zero-order valence-electron chi connectivity index (χ0n) is 16.8.